The molecule has 1 fully saturated rings. The van der Waals surface area contributed by atoms with Crippen LogP contribution in [0.25, 0.3) is 0 Å². The third-order valence-electron chi connectivity index (χ3n) is 3.76. The lowest BCUT2D eigenvalue weighted by Gasteiger charge is -2.25. The second-order valence-electron chi connectivity index (χ2n) is 4.38. The first-order valence-corrected chi connectivity index (χ1v) is 6.40. The van der Waals surface area contributed by atoms with E-state index in [4.69, 9.17) is 0 Å². The molecule has 78 valence electrons. The standard InChI is InChI=1S/C11H8Br2O2/c1-4-7-6(9(14)8(4)12)5-2-3-11(7,13)10(5)15/h2-3,5-7H,1H3/t5-,6+,7+,11-/m0/s1. The van der Waals surface area contributed by atoms with Crippen molar-refractivity contribution in [3.63, 3.8) is 0 Å². The smallest absolute Gasteiger partial charge is 0.174 e. The number of alkyl halides is 1. The third-order valence-corrected chi connectivity index (χ3v) is 5.92. The second-order valence-corrected chi connectivity index (χ2v) is 6.49. The number of allylic oxidation sites excluding steroid dienone is 4. The molecule has 4 heteroatoms. The molecule has 2 nitrogen and oxygen atoms in total. The van der Waals surface area contributed by atoms with Crippen LogP contribution in [0.2, 0.25) is 0 Å². The van der Waals surface area contributed by atoms with Crippen molar-refractivity contribution in [3.05, 3.63) is 22.2 Å². The van der Waals surface area contributed by atoms with Crippen molar-refractivity contribution >= 4 is 43.4 Å². The molecule has 0 amide bonds. The van der Waals surface area contributed by atoms with Gasteiger partial charge < -0.3 is 0 Å². The summed E-state index contributed by atoms with van der Waals surface area (Å²) in [6.45, 7) is 1.93. The summed E-state index contributed by atoms with van der Waals surface area (Å²) in [4.78, 5) is 24.0. The minimum atomic E-state index is -0.613. The van der Waals surface area contributed by atoms with Crippen molar-refractivity contribution in [3.8, 4) is 0 Å². The van der Waals surface area contributed by atoms with Gasteiger partial charge in [-0.05, 0) is 28.4 Å². The number of halogens is 2. The van der Waals surface area contributed by atoms with E-state index in [2.05, 4.69) is 31.9 Å². The van der Waals surface area contributed by atoms with Gasteiger partial charge in [-0.1, -0.05) is 28.1 Å². The van der Waals surface area contributed by atoms with E-state index in [1.165, 1.54) is 0 Å². The van der Waals surface area contributed by atoms with E-state index < -0.39 is 4.32 Å². The average molecular weight is 332 g/mol. The van der Waals surface area contributed by atoms with Gasteiger partial charge in [-0.3, -0.25) is 9.59 Å². The largest absolute Gasteiger partial charge is 0.297 e. The Balaban J connectivity index is 2.22. The van der Waals surface area contributed by atoms with E-state index in [9.17, 15) is 9.59 Å². The summed E-state index contributed by atoms with van der Waals surface area (Å²) in [6.07, 6.45) is 3.78. The number of Topliss-reactive ketones (excluding diaryl/α,β-unsaturated/α-hetero) is 2. The lowest BCUT2D eigenvalue weighted by atomic mass is 9.82. The van der Waals surface area contributed by atoms with E-state index in [0.717, 1.165) is 5.57 Å². The Bertz CT molecular complexity index is 463. The maximum absolute atomic E-state index is 12.0. The SMILES string of the molecule is CC1=C(Br)C(=O)[C@@H]2[C@@H]3C=C[C@@](Br)(C3=O)[C@H]12. The summed E-state index contributed by atoms with van der Waals surface area (Å²) in [5.41, 5.74) is 1.00. The zero-order valence-corrected chi connectivity index (χ0v) is 11.1. The maximum Gasteiger partial charge on any atom is 0.174 e. The zero-order chi connectivity index (χ0) is 11.0. The first kappa shape index (κ1) is 9.97. The molecule has 0 aliphatic heterocycles. The second kappa shape index (κ2) is 2.72. The van der Waals surface area contributed by atoms with Crippen molar-refractivity contribution in [1.82, 2.24) is 0 Å². The normalized spacial score (nSPS) is 47.0. The summed E-state index contributed by atoms with van der Waals surface area (Å²) in [7, 11) is 0. The molecule has 0 aromatic rings. The van der Waals surface area contributed by atoms with Gasteiger partial charge in [-0.25, -0.2) is 0 Å². The van der Waals surface area contributed by atoms with Gasteiger partial charge in [-0.15, -0.1) is 0 Å². The summed E-state index contributed by atoms with van der Waals surface area (Å²) < 4.78 is 0.0555. The number of fused-ring (bicyclic) bond motifs is 5. The van der Waals surface area contributed by atoms with Crippen LogP contribution in [0.5, 0.6) is 0 Å². The number of hydrogen-bond donors (Lipinski definition) is 0. The highest BCUT2D eigenvalue weighted by molar-refractivity contribution is 9.12. The Hall–Kier alpha value is -0.220. The van der Waals surface area contributed by atoms with Crippen LogP contribution in [-0.4, -0.2) is 15.9 Å². The number of carbonyl (C=O) groups excluding carboxylic acids is 2. The monoisotopic (exact) mass is 330 g/mol. The molecule has 0 unspecified atom stereocenters. The fraction of sp³-hybridized carbons (Fsp3) is 0.455. The van der Waals surface area contributed by atoms with E-state index in [1.54, 1.807) is 0 Å². The van der Waals surface area contributed by atoms with Gasteiger partial charge in [0.25, 0.3) is 0 Å². The molecule has 0 spiro atoms. The van der Waals surface area contributed by atoms with Crippen LogP contribution in [0.3, 0.4) is 0 Å². The molecule has 4 atom stereocenters. The minimum absolute atomic E-state index is 0.0156. The first-order valence-electron chi connectivity index (χ1n) is 4.81. The van der Waals surface area contributed by atoms with Gasteiger partial charge in [0.15, 0.2) is 11.6 Å². The lowest BCUT2D eigenvalue weighted by Crippen LogP contribution is -2.31. The van der Waals surface area contributed by atoms with E-state index >= 15 is 0 Å². The van der Waals surface area contributed by atoms with E-state index in [-0.39, 0.29) is 29.3 Å². The fourth-order valence-corrected chi connectivity index (χ4v) is 4.61. The number of rotatable bonds is 0. The highest BCUT2D eigenvalue weighted by atomic mass is 79.9. The zero-order valence-electron chi connectivity index (χ0n) is 7.96. The van der Waals surface area contributed by atoms with Crippen LogP contribution in [0.4, 0.5) is 0 Å². The predicted molar refractivity (Wildman–Crippen MR) is 62.9 cm³/mol. The molecule has 0 radical (unpaired) electrons. The van der Waals surface area contributed by atoms with Crippen LogP contribution in [0.15, 0.2) is 22.2 Å². The highest BCUT2D eigenvalue weighted by Gasteiger charge is 2.65. The van der Waals surface area contributed by atoms with Crippen molar-refractivity contribution in [2.75, 3.05) is 0 Å². The van der Waals surface area contributed by atoms with Crippen LogP contribution in [0, 0.1) is 17.8 Å². The van der Waals surface area contributed by atoms with E-state index in [1.807, 2.05) is 19.1 Å². The van der Waals surface area contributed by atoms with Crippen molar-refractivity contribution < 1.29 is 9.59 Å². The fourth-order valence-electron chi connectivity index (χ4n) is 3.05. The van der Waals surface area contributed by atoms with Crippen LogP contribution in [-0.2, 0) is 9.59 Å². The highest BCUT2D eigenvalue weighted by Crippen LogP contribution is 2.60. The number of carbonyl (C=O) groups is 2. The summed E-state index contributed by atoms with van der Waals surface area (Å²) in [6, 6.07) is 0. The van der Waals surface area contributed by atoms with Crippen molar-refractivity contribution in [2.45, 2.75) is 11.2 Å². The molecule has 0 N–H and O–H groups in total. The molecule has 0 aromatic carbocycles. The molecular weight excluding hydrogens is 324 g/mol. The summed E-state index contributed by atoms with van der Waals surface area (Å²) in [5.74, 6) is -0.142. The molecule has 1 saturated carbocycles. The van der Waals surface area contributed by atoms with Gasteiger partial charge >= 0.3 is 0 Å². The van der Waals surface area contributed by atoms with E-state index in [0.29, 0.717) is 4.48 Å². The maximum atomic E-state index is 12.0. The summed E-state index contributed by atoms with van der Waals surface area (Å²) >= 11 is 6.83. The Morgan fingerprint density at radius 1 is 1.40 bits per heavy atom. The number of ketones is 2. The van der Waals surface area contributed by atoms with Gasteiger partial charge in [-0.2, -0.15) is 0 Å². The first-order chi connectivity index (χ1) is 6.98. The Kier molecular flexibility index (Phi) is 1.81. The molecule has 3 rings (SSSR count). The van der Waals surface area contributed by atoms with Gasteiger partial charge in [0.2, 0.25) is 0 Å². The summed E-state index contributed by atoms with van der Waals surface area (Å²) in [5, 5.41) is 0. The molecular formula is C11H8Br2O2. The van der Waals surface area contributed by atoms with Crippen molar-refractivity contribution in [2.24, 2.45) is 17.8 Å². The molecule has 2 bridgehead atoms. The van der Waals surface area contributed by atoms with Gasteiger partial charge in [0.05, 0.1) is 4.48 Å². The lowest BCUT2D eigenvalue weighted by molar-refractivity contribution is -0.124. The predicted octanol–water partition coefficient (Wildman–Crippen LogP) is 2.37. The van der Waals surface area contributed by atoms with Crippen LogP contribution < -0.4 is 0 Å². The Morgan fingerprint density at radius 3 is 2.67 bits per heavy atom. The molecule has 3 aliphatic rings. The average Bonchev–Trinajstić information content (AvgIpc) is 2.70. The quantitative estimate of drug-likeness (QED) is 0.504. The molecule has 0 aromatic heterocycles. The van der Waals surface area contributed by atoms with Crippen LogP contribution in [0.1, 0.15) is 6.92 Å². The molecule has 15 heavy (non-hydrogen) atoms. The minimum Gasteiger partial charge on any atom is -0.297 e. The third kappa shape index (κ3) is 0.912. The van der Waals surface area contributed by atoms with Gasteiger partial charge in [0.1, 0.15) is 4.32 Å². The van der Waals surface area contributed by atoms with Gasteiger partial charge in [0, 0.05) is 17.8 Å². The topological polar surface area (TPSA) is 34.1 Å². The number of hydrogen-bond acceptors (Lipinski definition) is 2. The Labute approximate surface area is 104 Å². The van der Waals surface area contributed by atoms with Crippen LogP contribution >= 0.6 is 31.9 Å². The molecule has 3 aliphatic carbocycles. The molecule has 0 saturated heterocycles. The van der Waals surface area contributed by atoms with Crippen molar-refractivity contribution in [1.29, 1.82) is 0 Å². The molecule has 0 heterocycles. The Morgan fingerprint density at radius 2 is 2.07 bits per heavy atom.